The van der Waals surface area contributed by atoms with Gasteiger partial charge in [0.15, 0.2) is 5.76 Å². The maximum atomic E-state index is 9.20. The summed E-state index contributed by atoms with van der Waals surface area (Å²) in [5.74, 6) is -13.1. The Balaban J connectivity index is 3.41. The van der Waals surface area contributed by atoms with Crippen molar-refractivity contribution >= 4 is 0 Å². The first-order valence-electron chi connectivity index (χ1n) is 3.95. The predicted molar refractivity (Wildman–Crippen MR) is 45.0 cm³/mol. The van der Waals surface area contributed by atoms with Gasteiger partial charge >= 0.3 is 11.7 Å². The fourth-order valence-electron chi connectivity index (χ4n) is 1.01. The summed E-state index contributed by atoms with van der Waals surface area (Å²) in [7, 11) is 0. The predicted octanol–water partition coefficient (Wildman–Crippen LogP) is -3.35. The molecule has 1 heterocycles. The van der Waals surface area contributed by atoms with Crippen LogP contribution in [0.1, 0.15) is 0 Å². The van der Waals surface area contributed by atoms with Gasteiger partial charge in [-0.25, -0.2) is 5.06 Å². The first-order chi connectivity index (χ1) is 7.05. The summed E-state index contributed by atoms with van der Waals surface area (Å²) in [6.07, 6.45) is 1.93. The SMILES string of the molecule is O/C1=C/C=C\N(O)C(O)(O)C(O)(O)C1(O)O. The van der Waals surface area contributed by atoms with E-state index in [1.54, 1.807) is 0 Å². The van der Waals surface area contributed by atoms with Crippen molar-refractivity contribution in [2.45, 2.75) is 17.5 Å². The van der Waals surface area contributed by atoms with Gasteiger partial charge in [0.2, 0.25) is 0 Å². The summed E-state index contributed by atoms with van der Waals surface area (Å²) < 4.78 is 0. The fourth-order valence-corrected chi connectivity index (χ4v) is 1.01. The minimum atomic E-state index is -4.08. The number of hydroxylamine groups is 2. The lowest BCUT2D eigenvalue weighted by molar-refractivity contribution is -0.504. The monoisotopic (exact) mass is 237 g/mol. The van der Waals surface area contributed by atoms with Crippen LogP contribution in [-0.2, 0) is 0 Å². The number of aliphatic hydroxyl groups is 7. The minimum Gasteiger partial charge on any atom is -0.507 e. The van der Waals surface area contributed by atoms with E-state index in [4.69, 9.17) is 20.5 Å². The van der Waals surface area contributed by atoms with Gasteiger partial charge < -0.3 is 35.7 Å². The lowest BCUT2D eigenvalue weighted by Crippen LogP contribution is -2.73. The maximum absolute atomic E-state index is 9.20. The molecule has 92 valence electrons. The normalized spacial score (nSPS) is 32.2. The molecule has 0 aromatic rings. The average Bonchev–Trinajstić information content (AvgIpc) is 2.15. The van der Waals surface area contributed by atoms with E-state index in [2.05, 4.69) is 0 Å². The molecule has 0 amide bonds. The molecule has 1 rings (SSSR count). The smallest absolute Gasteiger partial charge is 0.332 e. The molecule has 16 heavy (non-hydrogen) atoms. The first-order valence-corrected chi connectivity index (χ1v) is 3.95. The number of aliphatic hydroxyl groups excluding tert-OH is 1. The standard InChI is InChI=1S/C7H11NO8/c9-4-2-1-3-8(16)7(14,15)6(12,13)5(4,10)11/h1-3,9-16H/b3-1-,4-2+. The average molecular weight is 237 g/mol. The van der Waals surface area contributed by atoms with Crippen molar-refractivity contribution in [1.82, 2.24) is 5.06 Å². The largest absolute Gasteiger partial charge is 0.507 e. The van der Waals surface area contributed by atoms with Gasteiger partial charge in [-0.3, -0.25) is 5.21 Å². The van der Waals surface area contributed by atoms with Crippen LogP contribution < -0.4 is 0 Å². The van der Waals surface area contributed by atoms with Gasteiger partial charge in [-0.15, -0.1) is 0 Å². The van der Waals surface area contributed by atoms with Crippen molar-refractivity contribution in [3.63, 3.8) is 0 Å². The van der Waals surface area contributed by atoms with Crippen molar-refractivity contribution in [3.05, 3.63) is 24.1 Å². The van der Waals surface area contributed by atoms with Crippen LogP contribution >= 0.6 is 0 Å². The second kappa shape index (κ2) is 3.40. The quantitative estimate of drug-likeness (QED) is 0.201. The molecule has 0 bridgehead atoms. The van der Waals surface area contributed by atoms with Crippen molar-refractivity contribution in [3.8, 4) is 0 Å². The number of allylic oxidation sites excluding steroid dienone is 2. The molecule has 0 aliphatic carbocycles. The van der Waals surface area contributed by atoms with Gasteiger partial charge in [-0.1, -0.05) is 0 Å². The van der Waals surface area contributed by atoms with Gasteiger partial charge in [0.1, 0.15) is 0 Å². The Morgan fingerprint density at radius 1 is 1.00 bits per heavy atom. The van der Waals surface area contributed by atoms with Crippen LogP contribution in [0.3, 0.4) is 0 Å². The van der Waals surface area contributed by atoms with Gasteiger partial charge in [0.05, 0.1) is 0 Å². The summed E-state index contributed by atoms with van der Waals surface area (Å²) in [6, 6.07) is 0. The van der Waals surface area contributed by atoms with Crippen LogP contribution in [0, 0.1) is 0 Å². The van der Waals surface area contributed by atoms with Crippen LogP contribution in [0.25, 0.3) is 0 Å². The van der Waals surface area contributed by atoms with E-state index in [0.29, 0.717) is 12.3 Å². The van der Waals surface area contributed by atoms with E-state index in [1.165, 1.54) is 0 Å². The third kappa shape index (κ3) is 1.47. The first kappa shape index (κ1) is 12.9. The molecule has 1 aliphatic rings. The van der Waals surface area contributed by atoms with Crippen LogP contribution in [0.2, 0.25) is 0 Å². The summed E-state index contributed by atoms with van der Waals surface area (Å²) >= 11 is 0. The zero-order valence-electron chi connectivity index (χ0n) is 7.76. The molecule has 0 aromatic carbocycles. The Labute approximate surface area is 88.6 Å². The molecule has 8 N–H and O–H groups in total. The number of rotatable bonds is 0. The Kier molecular flexibility index (Phi) is 2.73. The van der Waals surface area contributed by atoms with E-state index in [1.807, 2.05) is 0 Å². The molecule has 0 saturated heterocycles. The third-order valence-electron chi connectivity index (χ3n) is 2.11. The Bertz CT molecular complexity index is 344. The number of hydrogen-bond donors (Lipinski definition) is 8. The third-order valence-corrected chi connectivity index (χ3v) is 2.11. The molecule has 0 radical (unpaired) electrons. The van der Waals surface area contributed by atoms with Crippen molar-refractivity contribution in [1.29, 1.82) is 0 Å². The molecule has 0 aromatic heterocycles. The van der Waals surface area contributed by atoms with E-state index in [9.17, 15) is 20.4 Å². The maximum Gasteiger partial charge on any atom is 0.332 e. The summed E-state index contributed by atoms with van der Waals surface area (Å²) in [4.78, 5) is 0. The summed E-state index contributed by atoms with van der Waals surface area (Å²) in [5, 5.41) is 72.6. The second-order valence-electron chi connectivity index (χ2n) is 3.22. The Hall–Kier alpha value is -1.20. The van der Waals surface area contributed by atoms with Crippen LogP contribution in [0.5, 0.6) is 0 Å². The summed E-state index contributed by atoms with van der Waals surface area (Å²) in [5.41, 5.74) is 0. The minimum absolute atomic E-state index is 0.489. The zero-order chi connectivity index (χ0) is 12.8. The highest BCUT2D eigenvalue weighted by Gasteiger charge is 2.67. The van der Waals surface area contributed by atoms with E-state index < -0.39 is 28.3 Å². The molecule has 9 nitrogen and oxygen atoms in total. The van der Waals surface area contributed by atoms with Gasteiger partial charge in [-0.2, -0.15) is 0 Å². The van der Waals surface area contributed by atoms with Gasteiger partial charge in [0, 0.05) is 6.20 Å². The Morgan fingerprint density at radius 2 is 1.50 bits per heavy atom. The molecule has 0 fully saturated rings. The highest BCUT2D eigenvalue weighted by Crippen LogP contribution is 2.34. The lowest BCUT2D eigenvalue weighted by atomic mass is 9.98. The Morgan fingerprint density at radius 3 is 2.00 bits per heavy atom. The molecular weight excluding hydrogens is 226 g/mol. The van der Waals surface area contributed by atoms with Crippen LogP contribution in [-0.4, -0.2) is 63.5 Å². The fraction of sp³-hybridized carbons (Fsp3) is 0.429. The summed E-state index contributed by atoms with van der Waals surface area (Å²) in [6.45, 7) is 0. The molecular formula is C7H11NO8. The zero-order valence-corrected chi connectivity index (χ0v) is 7.76. The van der Waals surface area contributed by atoms with E-state index >= 15 is 0 Å². The molecule has 0 spiro atoms. The molecule has 1 aliphatic heterocycles. The molecule has 9 heteroatoms. The van der Waals surface area contributed by atoms with E-state index in [-0.39, 0.29) is 0 Å². The second-order valence-corrected chi connectivity index (χ2v) is 3.22. The molecule has 0 atom stereocenters. The molecule has 0 saturated carbocycles. The topological polar surface area (TPSA) is 165 Å². The number of hydrogen-bond acceptors (Lipinski definition) is 9. The van der Waals surface area contributed by atoms with Crippen molar-refractivity contribution in [2.24, 2.45) is 0 Å². The van der Waals surface area contributed by atoms with Crippen LogP contribution in [0.15, 0.2) is 24.1 Å². The molecule has 0 unspecified atom stereocenters. The van der Waals surface area contributed by atoms with Crippen molar-refractivity contribution in [2.75, 3.05) is 0 Å². The van der Waals surface area contributed by atoms with Crippen LogP contribution in [0.4, 0.5) is 0 Å². The van der Waals surface area contributed by atoms with E-state index in [0.717, 1.165) is 6.08 Å². The van der Waals surface area contributed by atoms with Crippen molar-refractivity contribution < 1.29 is 41.0 Å². The van der Waals surface area contributed by atoms with Gasteiger partial charge in [0.25, 0.3) is 5.79 Å². The number of nitrogens with zero attached hydrogens (tertiary/aromatic N) is 1. The highest BCUT2D eigenvalue weighted by atomic mass is 16.7. The highest BCUT2D eigenvalue weighted by molar-refractivity contribution is 5.19. The lowest BCUT2D eigenvalue weighted by Gasteiger charge is -2.44. The van der Waals surface area contributed by atoms with Gasteiger partial charge in [-0.05, 0) is 12.2 Å².